The highest BCUT2D eigenvalue weighted by Crippen LogP contribution is 2.48. The summed E-state index contributed by atoms with van der Waals surface area (Å²) in [5.41, 5.74) is 1.74. The number of thiophene rings is 1. The molecule has 6 heteroatoms. The second-order valence-electron chi connectivity index (χ2n) is 9.23. The van der Waals surface area contributed by atoms with Crippen LogP contribution in [-0.2, 0) is 0 Å². The van der Waals surface area contributed by atoms with Gasteiger partial charge in [-0.25, -0.2) is 0 Å². The number of hydrogen-bond donors (Lipinski definition) is 1. The molecule has 1 aromatic carbocycles. The van der Waals surface area contributed by atoms with Crippen LogP contribution in [0.2, 0.25) is 0 Å². The molecule has 5 nitrogen and oxygen atoms in total. The van der Waals surface area contributed by atoms with Gasteiger partial charge in [-0.3, -0.25) is 4.79 Å². The van der Waals surface area contributed by atoms with Crippen molar-refractivity contribution in [3.8, 4) is 11.5 Å². The summed E-state index contributed by atoms with van der Waals surface area (Å²) in [6, 6.07) is 10.3. The molecule has 1 amide bonds. The number of nitrogens with one attached hydrogen (secondary N) is 1. The Morgan fingerprint density at radius 2 is 1.91 bits per heavy atom. The van der Waals surface area contributed by atoms with Gasteiger partial charge in [-0.05, 0) is 84.0 Å². The lowest BCUT2D eigenvalue weighted by Crippen LogP contribution is -2.41. The van der Waals surface area contributed by atoms with E-state index in [2.05, 4.69) is 45.2 Å². The Labute approximate surface area is 195 Å². The van der Waals surface area contributed by atoms with Crippen molar-refractivity contribution in [2.45, 2.75) is 64.6 Å². The number of methoxy groups -OCH3 is 1. The molecule has 4 rings (SSSR count). The van der Waals surface area contributed by atoms with Gasteiger partial charge in [0.1, 0.15) is 17.1 Å². The molecule has 0 aliphatic carbocycles. The quantitative estimate of drug-likeness (QED) is 0.661. The summed E-state index contributed by atoms with van der Waals surface area (Å²) >= 11 is 1.56. The third-order valence-electron chi connectivity index (χ3n) is 6.31. The molecular weight excluding hydrogens is 420 g/mol. The Morgan fingerprint density at radius 3 is 2.62 bits per heavy atom. The summed E-state index contributed by atoms with van der Waals surface area (Å²) in [6.45, 7) is 10.2. The number of fused-ring (bicyclic) bond motifs is 1. The Hall–Kier alpha value is -2.31. The fourth-order valence-electron chi connectivity index (χ4n) is 4.91. The zero-order valence-corrected chi connectivity index (χ0v) is 20.6. The van der Waals surface area contributed by atoms with E-state index in [-0.39, 0.29) is 23.6 Å². The van der Waals surface area contributed by atoms with Crippen molar-refractivity contribution in [2.75, 3.05) is 20.2 Å². The first kappa shape index (κ1) is 22.9. The van der Waals surface area contributed by atoms with E-state index in [1.54, 1.807) is 18.4 Å². The van der Waals surface area contributed by atoms with E-state index in [1.807, 2.05) is 29.2 Å². The normalized spacial score (nSPS) is 20.5. The second kappa shape index (κ2) is 9.28. The first-order valence-corrected chi connectivity index (χ1v) is 12.4. The summed E-state index contributed by atoms with van der Waals surface area (Å²) in [5.74, 6) is 1.74. The van der Waals surface area contributed by atoms with Gasteiger partial charge < -0.3 is 19.7 Å². The molecule has 1 aromatic heterocycles. The van der Waals surface area contributed by atoms with Crippen LogP contribution in [-0.4, -0.2) is 48.7 Å². The summed E-state index contributed by atoms with van der Waals surface area (Å²) in [4.78, 5) is 17.1. The van der Waals surface area contributed by atoms with Crippen LogP contribution in [0.15, 0.2) is 36.4 Å². The summed E-state index contributed by atoms with van der Waals surface area (Å²) in [7, 11) is 1.69. The lowest BCUT2D eigenvalue weighted by molar-refractivity contribution is 0.0649. The topological polar surface area (TPSA) is 50.8 Å². The van der Waals surface area contributed by atoms with Crippen molar-refractivity contribution < 1.29 is 14.3 Å². The second-order valence-corrected chi connectivity index (χ2v) is 10.3. The number of nitrogens with zero attached hydrogens (tertiary/aromatic N) is 1. The van der Waals surface area contributed by atoms with Crippen LogP contribution in [0, 0.1) is 0 Å². The van der Waals surface area contributed by atoms with Crippen LogP contribution in [0.5, 0.6) is 11.5 Å². The number of amides is 1. The highest BCUT2D eigenvalue weighted by molar-refractivity contribution is 7.15. The van der Waals surface area contributed by atoms with E-state index in [9.17, 15) is 4.79 Å². The van der Waals surface area contributed by atoms with Gasteiger partial charge in [-0.2, -0.15) is 0 Å². The van der Waals surface area contributed by atoms with Gasteiger partial charge >= 0.3 is 0 Å². The molecule has 2 aromatic rings. The predicted octanol–water partition coefficient (Wildman–Crippen LogP) is 5.35. The molecule has 1 N–H and O–H groups in total. The average molecular weight is 455 g/mol. The van der Waals surface area contributed by atoms with Gasteiger partial charge in [0.2, 0.25) is 0 Å². The molecule has 1 unspecified atom stereocenters. The van der Waals surface area contributed by atoms with Crippen molar-refractivity contribution in [1.29, 1.82) is 0 Å². The van der Waals surface area contributed by atoms with Gasteiger partial charge in [-0.1, -0.05) is 6.07 Å². The third-order valence-corrected chi connectivity index (χ3v) is 7.41. The standard InChI is InChI=1S/C26H34N2O3S/c1-17(2)28(18(3)4)25(29)23-11-10-22(32-23)19-16-26(12-7-14-27-15-13-26)31-21-9-6-8-20(30-5)24(19)21/h6,8-11,16-18,27H,7,12-15H2,1-5H3. The highest BCUT2D eigenvalue weighted by atomic mass is 32.1. The predicted molar refractivity (Wildman–Crippen MR) is 131 cm³/mol. The maximum Gasteiger partial charge on any atom is 0.264 e. The highest BCUT2D eigenvalue weighted by Gasteiger charge is 2.38. The molecule has 1 atom stereocenters. The lowest BCUT2D eigenvalue weighted by atomic mass is 9.86. The summed E-state index contributed by atoms with van der Waals surface area (Å²) in [6.07, 6.45) is 5.23. The van der Waals surface area contributed by atoms with E-state index in [1.165, 1.54) is 0 Å². The smallest absolute Gasteiger partial charge is 0.264 e. The molecule has 32 heavy (non-hydrogen) atoms. The molecule has 3 heterocycles. The molecular formula is C26H34N2O3S. The zero-order valence-electron chi connectivity index (χ0n) is 19.7. The van der Waals surface area contributed by atoms with Crippen LogP contribution in [0.1, 0.15) is 67.1 Å². The van der Waals surface area contributed by atoms with E-state index < -0.39 is 0 Å². The minimum absolute atomic E-state index is 0.0903. The zero-order chi connectivity index (χ0) is 22.9. The van der Waals surface area contributed by atoms with Crippen molar-refractivity contribution in [2.24, 2.45) is 0 Å². The van der Waals surface area contributed by atoms with E-state index in [0.29, 0.717) is 0 Å². The third kappa shape index (κ3) is 4.30. The van der Waals surface area contributed by atoms with Gasteiger partial charge in [-0.15, -0.1) is 11.3 Å². The van der Waals surface area contributed by atoms with Crippen molar-refractivity contribution >= 4 is 22.8 Å². The molecule has 0 radical (unpaired) electrons. The summed E-state index contributed by atoms with van der Waals surface area (Å²) < 4.78 is 12.3. The Kier molecular flexibility index (Phi) is 6.63. The monoisotopic (exact) mass is 454 g/mol. The Morgan fingerprint density at radius 1 is 1.12 bits per heavy atom. The largest absolute Gasteiger partial charge is 0.496 e. The molecule has 1 saturated heterocycles. The number of carbonyl (C=O) groups is 1. The first-order valence-electron chi connectivity index (χ1n) is 11.6. The van der Waals surface area contributed by atoms with Gasteiger partial charge in [0, 0.05) is 29.0 Å². The molecule has 1 spiro atoms. The number of benzene rings is 1. The number of rotatable bonds is 5. The van der Waals surface area contributed by atoms with Crippen molar-refractivity contribution in [3.05, 3.63) is 51.7 Å². The maximum atomic E-state index is 13.3. The molecule has 1 fully saturated rings. The minimum Gasteiger partial charge on any atom is -0.496 e. The van der Waals surface area contributed by atoms with Gasteiger partial charge in [0.05, 0.1) is 17.6 Å². The van der Waals surface area contributed by atoms with E-state index >= 15 is 0 Å². The van der Waals surface area contributed by atoms with Crippen LogP contribution in [0.25, 0.3) is 5.57 Å². The van der Waals surface area contributed by atoms with Gasteiger partial charge in [0.15, 0.2) is 0 Å². The number of ether oxygens (including phenoxy) is 2. The first-order chi connectivity index (χ1) is 15.3. The fourth-order valence-corrected chi connectivity index (χ4v) is 5.88. The molecule has 2 aliphatic rings. The van der Waals surface area contributed by atoms with E-state index in [4.69, 9.17) is 9.47 Å². The SMILES string of the molecule is COc1cccc2c1C(c1ccc(C(=O)N(C(C)C)C(C)C)s1)=CC1(CCCNCC1)O2. The van der Waals surface area contributed by atoms with Crippen LogP contribution >= 0.6 is 11.3 Å². The molecule has 172 valence electrons. The van der Waals surface area contributed by atoms with Crippen LogP contribution < -0.4 is 14.8 Å². The maximum absolute atomic E-state index is 13.3. The van der Waals surface area contributed by atoms with Crippen LogP contribution in [0.3, 0.4) is 0 Å². The fraction of sp³-hybridized carbons (Fsp3) is 0.500. The lowest BCUT2D eigenvalue weighted by Gasteiger charge is -2.36. The van der Waals surface area contributed by atoms with E-state index in [0.717, 1.165) is 64.7 Å². The minimum atomic E-state index is -0.339. The average Bonchev–Trinajstić information content (AvgIpc) is 3.15. The van der Waals surface area contributed by atoms with Crippen molar-refractivity contribution in [3.63, 3.8) is 0 Å². The molecule has 2 aliphatic heterocycles. The summed E-state index contributed by atoms with van der Waals surface area (Å²) in [5, 5.41) is 3.49. The molecule has 0 bridgehead atoms. The van der Waals surface area contributed by atoms with Crippen molar-refractivity contribution in [1.82, 2.24) is 10.2 Å². The van der Waals surface area contributed by atoms with Crippen LogP contribution in [0.4, 0.5) is 0 Å². The molecule has 0 saturated carbocycles. The van der Waals surface area contributed by atoms with Gasteiger partial charge in [0.25, 0.3) is 5.91 Å². The Balaban J connectivity index is 1.79. The number of hydrogen-bond acceptors (Lipinski definition) is 5. The number of carbonyl (C=O) groups excluding carboxylic acids is 1. The Bertz CT molecular complexity index is 992.